The molecule has 1 aliphatic rings. The van der Waals surface area contributed by atoms with E-state index in [0.29, 0.717) is 0 Å². The lowest BCUT2D eigenvalue weighted by molar-refractivity contribution is -0.0924. The normalized spacial score (nSPS) is 19.3. The molecule has 0 spiro atoms. The van der Waals surface area contributed by atoms with Crippen molar-refractivity contribution in [3.63, 3.8) is 0 Å². The summed E-state index contributed by atoms with van der Waals surface area (Å²) in [7, 11) is 0. The van der Waals surface area contributed by atoms with Crippen LogP contribution in [0.2, 0.25) is 0 Å². The van der Waals surface area contributed by atoms with Gasteiger partial charge in [-0.15, -0.1) is 0 Å². The van der Waals surface area contributed by atoms with Gasteiger partial charge in [-0.25, -0.2) is 0 Å². The number of hydrogen-bond donors (Lipinski definition) is 1. The van der Waals surface area contributed by atoms with Crippen LogP contribution in [0, 0.1) is 13.1 Å². The van der Waals surface area contributed by atoms with Crippen LogP contribution in [0.1, 0.15) is 13.3 Å². The lowest BCUT2D eigenvalue weighted by Crippen LogP contribution is -2.16. The summed E-state index contributed by atoms with van der Waals surface area (Å²) in [5, 5.41) is 2.32. The molecule has 0 unspecified atom stereocenters. The predicted octanol–water partition coefficient (Wildman–Crippen LogP) is 2.82. The third-order valence-electron chi connectivity index (χ3n) is 2.01. The van der Waals surface area contributed by atoms with Gasteiger partial charge in [-0.3, -0.25) is 4.85 Å². The zero-order valence-electron chi connectivity index (χ0n) is 7.74. The average Bonchev–Trinajstić information content (AvgIpc) is 2.57. The summed E-state index contributed by atoms with van der Waals surface area (Å²) in [4.78, 5) is 5.96. The maximum atomic E-state index is 12.3. The number of allylic oxidation sites excluding steroid dienone is 1. The van der Waals surface area contributed by atoms with Crippen LogP contribution in [0.5, 0.6) is 0 Å². The number of nitrogens with zero attached hydrogens (tertiary/aromatic N) is 2. The second-order valence-electron chi connectivity index (χ2n) is 2.92. The summed E-state index contributed by atoms with van der Waals surface area (Å²) in [6.45, 7) is 14.3. The molecule has 0 fully saturated rings. The molecule has 0 aliphatic carbocycles. The summed E-state index contributed by atoms with van der Waals surface area (Å²) >= 11 is 0. The van der Waals surface area contributed by atoms with Gasteiger partial charge in [0.05, 0.1) is 17.8 Å². The van der Waals surface area contributed by atoms with Gasteiger partial charge in [-0.1, -0.05) is 6.57 Å². The Hall–Kier alpha value is -1.95. The van der Waals surface area contributed by atoms with E-state index in [1.54, 1.807) is 0 Å². The summed E-state index contributed by atoms with van der Waals surface area (Å²) in [5.41, 5.74) is -0.870. The molecule has 3 nitrogen and oxygen atoms in total. The fourth-order valence-corrected chi connectivity index (χ4v) is 1.09. The molecule has 0 aromatic rings. The van der Waals surface area contributed by atoms with Crippen LogP contribution in [0.4, 0.5) is 13.2 Å². The molecule has 78 valence electrons. The average molecular weight is 213 g/mol. The first-order valence-electron chi connectivity index (χ1n) is 3.92. The Morgan fingerprint density at radius 2 is 1.93 bits per heavy atom. The van der Waals surface area contributed by atoms with Crippen LogP contribution in [-0.2, 0) is 0 Å². The Morgan fingerprint density at radius 3 is 2.27 bits per heavy atom. The monoisotopic (exact) mass is 213 g/mol. The summed E-state index contributed by atoms with van der Waals surface area (Å²) in [5.74, 6) is -0.108. The van der Waals surface area contributed by atoms with Crippen molar-refractivity contribution in [3.8, 4) is 0 Å². The van der Waals surface area contributed by atoms with Gasteiger partial charge in [0.2, 0.25) is 5.82 Å². The van der Waals surface area contributed by atoms with Gasteiger partial charge >= 0.3 is 6.18 Å². The van der Waals surface area contributed by atoms with E-state index in [-0.39, 0.29) is 23.6 Å². The van der Waals surface area contributed by atoms with E-state index in [4.69, 9.17) is 13.1 Å². The molecule has 1 heterocycles. The van der Waals surface area contributed by atoms with Crippen molar-refractivity contribution in [2.75, 3.05) is 0 Å². The predicted molar refractivity (Wildman–Crippen MR) is 46.7 cm³/mol. The molecule has 0 saturated heterocycles. The highest BCUT2D eigenvalue weighted by molar-refractivity contribution is 5.39. The highest BCUT2D eigenvalue weighted by Gasteiger charge is 2.36. The summed E-state index contributed by atoms with van der Waals surface area (Å²) < 4.78 is 36.9. The Bertz CT molecular complexity index is 401. The number of rotatable bonds is 0. The maximum absolute atomic E-state index is 12.3. The molecule has 1 aliphatic heterocycles. The van der Waals surface area contributed by atoms with Gasteiger partial charge in [0.25, 0.3) is 0 Å². The third kappa shape index (κ3) is 2.10. The zero-order chi connectivity index (χ0) is 11.6. The first-order valence-corrected chi connectivity index (χ1v) is 3.92. The molecule has 1 rings (SSSR count). The fourth-order valence-electron chi connectivity index (χ4n) is 1.09. The first-order chi connectivity index (χ1) is 6.90. The van der Waals surface area contributed by atoms with E-state index in [1.165, 1.54) is 0 Å². The SMILES string of the molecule is [C-]#[N+]C1=C([N+]#[C-])N/C(=C(\C)C(F)(F)F)C1. The van der Waals surface area contributed by atoms with Crippen molar-refractivity contribution < 1.29 is 13.2 Å². The van der Waals surface area contributed by atoms with E-state index < -0.39 is 11.7 Å². The highest BCUT2D eigenvalue weighted by atomic mass is 19.4. The number of alkyl halides is 3. The minimum atomic E-state index is -4.42. The van der Waals surface area contributed by atoms with Crippen LogP contribution < -0.4 is 5.32 Å². The van der Waals surface area contributed by atoms with Gasteiger partial charge < -0.3 is 10.2 Å². The van der Waals surface area contributed by atoms with Gasteiger partial charge in [0.15, 0.2) is 5.70 Å². The van der Waals surface area contributed by atoms with E-state index >= 15 is 0 Å². The number of nitrogens with one attached hydrogen (secondary N) is 1. The lowest BCUT2D eigenvalue weighted by Gasteiger charge is -2.08. The summed E-state index contributed by atoms with van der Waals surface area (Å²) in [6.07, 6.45) is -4.57. The Balaban J connectivity index is 3.05. The second kappa shape index (κ2) is 3.66. The van der Waals surface area contributed by atoms with Crippen molar-refractivity contribution >= 4 is 0 Å². The van der Waals surface area contributed by atoms with E-state index in [2.05, 4.69) is 15.0 Å². The standard InChI is InChI=1S/C9H6F3N3/c1-5(9(10,11)12)6-4-7(13-2)8(14-3)15-6/h15H,4H2,1H3/b6-5+. The van der Waals surface area contributed by atoms with Crippen molar-refractivity contribution in [2.24, 2.45) is 0 Å². The Morgan fingerprint density at radius 1 is 1.33 bits per heavy atom. The lowest BCUT2D eigenvalue weighted by atomic mass is 10.2. The minimum absolute atomic E-state index is 0.0311. The van der Waals surface area contributed by atoms with Gasteiger partial charge in [0.1, 0.15) is 0 Å². The van der Waals surface area contributed by atoms with Crippen LogP contribution in [-0.4, -0.2) is 6.18 Å². The van der Waals surface area contributed by atoms with Crippen molar-refractivity contribution in [1.82, 2.24) is 5.32 Å². The summed E-state index contributed by atoms with van der Waals surface area (Å²) in [6, 6.07) is 0. The van der Waals surface area contributed by atoms with Gasteiger partial charge in [-0.2, -0.15) is 13.2 Å². The van der Waals surface area contributed by atoms with Crippen LogP contribution in [0.15, 0.2) is 22.8 Å². The molecule has 1 N–H and O–H groups in total. The fraction of sp³-hybridized carbons (Fsp3) is 0.333. The molecular formula is C9H6F3N3. The number of halogens is 3. The highest BCUT2D eigenvalue weighted by Crippen LogP contribution is 2.33. The topological polar surface area (TPSA) is 20.8 Å². The maximum Gasteiger partial charge on any atom is 0.416 e. The molecule has 0 aromatic carbocycles. The van der Waals surface area contributed by atoms with E-state index in [9.17, 15) is 13.2 Å². The van der Waals surface area contributed by atoms with E-state index in [0.717, 1.165) is 6.92 Å². The van der Waals surface area contributed by atoms with Crippen molar-refractivity contribution in [2.45, 2.75) is 19.5 Å². The van der Waals surface area contributed by atoms with Crippen molar-refractivity contribution in [3.05, 3.63) is 45.6 Å². The molecule has 0 atom stereocenters. The Kier molecular flexibility index (Phi) is 2.71. The first kappa shape index (κ1) is 11.1. The Labute approximate surface area is 84.5 Å². The van der Waals surface area contributed by atoms with Crippen LogP contribution >= 0.6 is 0 Å². The van der Waals surface area contributed by atoms with Crippen LogP contribution in [0.25, 0.3) is 9.69 Å². The largest absolute Gasteiger partial charge is 0.416 e. The molecular weight excluding hydrogens is 207 g/mol. The minimum Gasteiger partial charge on any atom is -0.375 e. The smallest absolute Gasteiger partial charge is 0.375 e. The second-order valence-corrected chi connectivity index (χ2v) is 2.92. The number of hydrogen-bond acceptors (Lipinski definition) is 1. The van der Waals surface area contributed by atoms with E-state index in [1.807, 2.05) is 0 Å². The molecule has 15 heavy (non-hydrogen) atoms. The molecule has 0 bridgehead atoms. The quantitative estimate of drug-likeness (QED) is 0.613. The zero-order valence-corrected chi connectivity index (χ0v) is 7.74. The van der Waals surface area contributed by atoms with Crippen molar-refractivity contribution in [1.29, 1.82) is 0 Å². The van der Waals surface area contributed by atoms with Gasteiger partial charge in [-0.05, 0) is 6.92 Å². The molecule has 0 amide bonds. The molecule has 6 heteroatoms. The molecule has 0 aromatic heterocycles. The van der Waals surface area contributed by atoms with Gasteiger partial charge in [0, 0.05) is 6.42 Å². The van der Waals surface area contributed by atoms with Crippen LogP contribution in [0.3, 0.4) is 0 Å². The third-order valence-corrected chi connectivity index (χ3v) is 2.01. The molecule has 0 saturated carbocycles. The molecule has 0 radical (unpaired) electrons.